The molecule has 1 N–H and O–H groups in total. The lowest BCUT2D eigenvalue weighted by molar-refractivity contribution is 0.0561. The maximum atomic E-state index is 12.3. The van der Waals surface area contributed by atoms with Crippen molar-refractivity contribution in [3.8, 4) is 0 Å². The molecule has 0 aliphatic carbocycles. The lowest BCUT2D eigenvalue weighted by atomic mass is 10.3. The standard InChI is InChI=1S/C13H21N5O3/c1-3-5-10-14-11(16-15-10)12(19)17-6-8-18(9-7-17)13(20)21-4-2/h3-9H2,1-2H3,(H,14,15,16). The van der Waals surface area contributed by atoms with Crippen LogP contribution in [0.15, 0.2) is 0 Å². The number of aromatic amines is 1. The van der Waals surface area contributed by atoms with E-state index in [0.717, 1.165) is 18.7 Å². The first-order valence-electron chi connectivity index (χ1n) is 7.28. The Bertz CT molecular complexity index is 494. The number of amides is 2. The van der Waals surface area contributed by atoms with Crippen LogP contribution in [-0.4, -0.2) is 69.8 Å². The molecule has 0 aromatic carbocycles. The molecule has 0 unspecified atom stereocenters. The normalized spacial score (nSPS) is 15.1. The van der Waals surface area contributed by atoms with Crippen molar-refractivity contribution in [3.63, 3.8) is 0 Å². The number of nitrogens with one attached hydrogen (secondary N) is 1. The first kappa shape index (κ1) is 15.3. The van der Waals surface area contributed by atoms with Crippen LogP contribution in [0.5, 0.6) is 0 Å². The molecular weight excluding hydrogens is 274 g/mol. The summed E-state index contributed by atoms with van der Waals surface area (Å²) in [7, 11) is 0. The van der Waals surface area contributed by atoms with Gasteiger partial charge in [-0.15, -0.1) is 5.10 Å². The first-order valence-corrected chi connectivity index (χ1v) is 7.28. The van der Waals surface area contributed by atoms with Crippen LogP contribution < -0.4 is 0 Å². The van der Waals surface area contributed by atoms with Crippen LogP contribution in [0.1, 0.15) is 36.7 Å². The maximum absolute atomic E-state index is 12.3. The van der Waals surface area contributed by atoms with Crippen LogP contribution in [0.4, 0.5) is 4.79 Å². The molecule has 21 heavy (non-hydrogen) atoms. The van der Waals surface area contributed by atoms with Gasteiger partial charge in [0.25, 0.3) is 5.91 Å². The fourth-order valence-corrected chi connectivity index (χ4v) is 2.19. The highest BCUT2D eigenvalue weighted by molar-refractivity contribution is 5.90. The van der Waals surface area contributed by atoms with Gasteiger partial charge in [-0.3, -0.25) is 9.89 Å². The second-order valence-electron chi connectivity index (χ2n) is 4.83. The van der Waals surface area contributed by atoms with Gasteiger partial charge in [-0.25, -0.2) is 9.78 Å². The quantitative estimate of drug-likeness (QED) is 0.881. The summed E-state index contributed by atoms with van der Waals surface area (Å²) in [4.78, 5) is 31.3. The van der Waals surface area contributed by atoms with Crippen molar-refractivity contribution in [2.24, 2.45) is 0 Å². The Hall–Kier alpha value is -2.12. The summed E-state index contributed by atoms with van der Waals surface area (Å²) >= 11 is 0. The molecular formula is C13H21N5O3. The van der Waals surface area contributed by atoms with Gasteiger partial charge in [-0.1, -0.05) is 6.92 Å². The Labute approximate surface area is 123 Å². The van der Waals surface area contributed by atoms with Gasteiger partial charge in [0.1, 0.15) is 5.82 Å². The highest BCUT2D eigenvalue weighted by Gasteiger charge is 2.27. The Morgan fingerprint density at radius 2 is 1.86 bits per heavy atom. The van der Waals surface area contributed by atoms with E-state index in [0.29, 0.717) is 32.8 Å². The van der Waals surface area contributed by atoms with Crippen LogP contribution in [0, 0.1) is 0 Å². The Morgan fingerprint density at radius 1 is 1.19 bits per heavy atom. The number of aryl methyl sites for hydroxylation is 1. The zero-order valence-corrected chi connectivity index (χ0v) is 12.5. The van der Waals surface area contributed by atoms with E-state index >= 15 is 0 Å². The van der Waals surface area contributed by atoms with E-state index in [-0.39, 0.29) is 17.8 Å². The molecule has 2 heterocycles. The highest BCUT2D eigenvalue weighted by atomic mass is 16.6. The van der Waals surface area contributed by atoms with Gasteiger partial charge in [0.15, 0.2) is 0 Å². The third-order valence-electron chi connectivity index (χ3n) is 3.30. The molecule has 1 aromatic rings. The van der Waals surface area contributed by atoms with Crippen LogP contribution in [0.25, 0.3) is 0 Å². The smallest absolute Gasteiger partial charge is 0.409 e. The second-order valence-corrected chi connectivity index (χ2v) is 4.83. The molecule has 1 aliphatic rings. The predicted molar refractivity (Wildman–Crippen MR) is 74.9 cm³/mol. The van der Waals surface area contributed by atoms with Crippen molar-refractivity contribution in [2.45, 2.75) is 26.7 Å². The van der Waals surface area contributed by atoms with E-state index in [9.17, 15) is 9.59 Å². The zero-order chi connectivity index (χ0) is 15.2. The topological polar surface area (TPSA) is 91.4 Å². The molecule has 2 rings (SSSR count). The largest absolute Gasteiger partial charge is 0.450 e. The number of rotatable bonds is 4. The summed E-state index contributed by atoms with van der Waals surface area (Å²) in [5.74, 6) is 0.728. The number of carbonyl (C=O) groups is 2. The minimum atomic E-state index is -0.326. The molecule has 0 atom stereocenters. The zero-order valence-electron chi connectivity index (χ0n) is 12.5. The van der Waals surface area contributed by atoms with Crippen LogP contribution >= 0.6 is 0 Å². The molecule has 1 aromatic heterocycles. The molecule has 1 saturated heterocycles. The molecule has 2 amide bonds. The maximum Gasteiger partial charge on any atom is 0.409 e. The number of H-pyrrole nitrogens is 1. The molecule has 0 saturated carbocycles. The molecule has 1 fully saturated rings. The first-order chi connectivity index (χ1) is 10.2. The van der Waals surface area contributed by atoms with Gasteiger partial charge in [0, 0.05) is 32.6 Å². The van der Waals surface area contributed by atoms with Crippen molar-refractivity contribution in [3.05, 3.63) is 11.6 Å². The number of ether oxygens (including phenoxy) is 1. The van der Waals surface area contributed by atoms with Crippen LogP contribution in [-0.2, 0) is 11.2 Å². The van der Waals surface area contributed by atoms with Crippen molar-refractivity contribution < 1.29 is 14.3 Å². The summed E-state index contributed by atoms with van der Waals surface area (Å²) < 4.78 is 4.95. The molecule has 0 spiro atoms. The molecule has 8 nitrogen and oxygen atoms in total. The number of nitrogens with zero attached hydrogens (tertiary/aromatic N) is 4. The van der Waals surface area contributed by atoms with Gasteiger partial charge < -0.3 is 14.5 Å². The Morgan fingerprint density at radius 3 is 2.48 bits per heavy atom. The van der Waals surface area contributed by atoms with Gasteiger partial charge in [0.2, 0.25) is 5.82 Å². The van der Waals surface area contributed by atoms with E-state index in [4.69, 9.17) is 4.74 Å². The average Bonchev–Trinajstić information content (AvgIpc) is 2.96. The van der Waals surface area contributed by atoms with E-state index < -0.39 is 0 Å². The van der Waals surface area contributed by atoms with E-state index in [1.807, 2.05) is 6.92 Å². The van der Waals surface area contributed by atoms with Crippen molar-refractivity contribution >= 4 is 12.0 Å². The lowest BCUT2D eigenvalue weighted by Crippen LogP contribution is -2.50. The Kier molecular flexibility index (Phi) is 5.13. The number of aromatic nitrogens is 3. The predicted octanol–water partition coefficient (Wildman–Crippen LogP) is 0.671. The second kappa shape index (κ2) is 7.05. The van der Waals surface area contributed by atoms with Crippen LogP contribution in [0.3, 0.4) is 0 Å². The average molecular weight is 295 g/mol. The third kappa shape index (κ3) is 3.71. The van der Waals surface area contributed by atoms with E-state index in [1.165, 1.54) is 0 Å². The third-order valence-corrected chi connectivity index (χ3v) is 3.30. The number of piperazine rings is 1. The minimum absolute atomic E-state index is 0.197. The number of carbonyl (C=O) groups excluding carboxylic acids is 2. The summed E-state index contributed by atoms with van der Waals surface area (Å²) in [5.41, 5.74) is 0. The SMILES string of the molecule is CCCc1nc(C(=O)N2CCN(C(=O)OCC)CC2)n[nH]1. The van der Waals surface area contributed by atoms with Gasteiger partial charge >= 0.3 is 6.09 Å². The van der Waals surface area contributed by atoms with Gasteiger partial charge in [0.05, 0.1) is 6.61 Å². The fourth-order valence-electron chi connectivity index (χ4n) is 2.19. The van der Waals surface area contributed by atoms with Gasteiger partial charge in [-0.05, 0) is 13.3 Å². The molecule has 0 radical (unpaired) electrons. The summed E-state index contributed by atoms with van der Waals surface area (Å²) in [6.45, 7) is 6.04. The molecule has 0 bridgehead atoms. The molecule has 1 aliphatic heterocycles. The van der Waals surface area contributed by atoms with Crippen molar-refractivity contribution in [1.82, 2.24) is 25.0 Å². The highest BCUT2D eigenvalue weighted by Crippen LogP contribution is 2.07. The monoisotopic (exact) mass is 295 g/mol. The fraction of sp³-hybridized carbons (Fsp3) is 0.692. The minimum Gasteiger partial charge on any atom is -0.450 e. The lowest BCUT2D eigenvalue weighted by Gasteiger charge is -2.33. The number of hydrogen-bond acceptors (Lipinski definition) is 5. The molecule has 116 valence electrons. The molecule has 8 heteroatoms. The number of hydrogen-bond donors (Lipinski definition) is 1. The van der Waals surface area contributed by atoms with Crippen molar-refractivity contribution in [1.29, 1.82) is 0 Å². The van der Waals surface area contributed by atoms with E-state index in [2.05, 4.69) is 15.2 Å². The van der Waals surface area contributed by atoms with E-state index in [1.54, 1.807) is 16.7 Å². The summed E-state index contributed by atoms with van der Waals surface area (Å²) in [6.07, 6.45) is 1.39. The Balaban J connectivity index is 1.89. The summed E-state index contributed by atoms with van der Waals surface area (Å²) in [5, 5.41) is 6.74. The van der Waals surface area contributed by atoms with Crippen molar-refractivity contribution in [2.75, 3.05) is 32.8 Å². The van der Waals surface area contributed by atoms with Gasteiger partial charge in [-0.2, -0.15) is 0 Å². The van der Waals surface area contributed by atoms with Crippen LogP contribution in [0.2, 0.25) is 0 Å². The summed E-state index contributed by atoms with van der Waals surface area (Å²) in [6, 6.07) is 0.